The fourth-order valence-corrected chi connectivity index (χ4v) is 2.68. The van der Waals surface area contributed by atoms with E-state index in [1.165, 1.54) is 7.11 Å². The largest absolute Gasteiger partial charge is 0.508 e. The molecular weight excluding hydrogens is 308 g/mol. The van der Waals surface area contributed by atoms with Gasteiger partial charge in [-0.1, -0.05) is 18.2 Å². The predicted octanol–water partition coefficient (Wildman–Crippen LogP) is 2.52. The lowest BCUT2D eigenvalue weighted by Crippen LogP contribution is -2.09. The highest BCUT2D eigenvalue weighted by Crippen LogP contribution is 2.27. The van der Waals surface area contributed by atoms with Crippen molar-refractivity contribution in [3.8, 4) is 11.5 Å². The summed E-state index contributed by atoms with van der Waals surface area (Å²) in [5.74, 6) is -0.241. The number of aryl methyl sites for hydroxylation is 1. The molecule has 0 unspecified atom stereocenters. The Kier molecular flexibility index (Phi) is 6.21. The van der Waals surface area contributed by atoms with Gasteiger partial charge in [-0.05, 0) is 53.8 Å². The summed E-state index contributed by atoms with van der Waals surface area (Å²) in [5.41, 5.74) is 2.50. The van der Waals surface area contributed by atoms with Gasteiger partial charge in [-0.15, -0.1) is 0 Å². The van der Waals surface area contributed by atoms with Crippen LogP contribution in [0, 0.1) is 0 Å². The van der Waals surface area contributed by atoms with E-state index in [-0.39, 0.29) is 36.4 Å². The average Bonchev–Trinajstić information content (AvgIpc) is 2.57. The molecule has 2 aromatic rings. The molecule has 24 heavy (non-hydrogen) atoms. The third kappa shape index (κ3) is 4.99. The van der Waals surface area contributed by atoms with Crippen molar-refractivity contribution in [1.82, 2.24) is 0 Å². The molecule has 5 nitrogen and oxygen atoms in total. The second-order valence-corrected chi connectivity index (χ2v) is 5.76. The molecule has 2 aromatic carbocycles. The number of carbonyl (C=O) groups is 1. The maximum atomic E-state index is 11.3. The molecule has 0 aromatic heterocycles. The highest BCUT2D eigenvalue weighted by atomic mass is 16.5. The molecule has 0 saturated carbocycles. The Hall–Kier alpha value is -2.53. The van der Waals surface area contributed by atoms with Crippen LogP contribution in [0.15, 0.2) is 42.5 Å². The number of esters is 1. The number of phenols is 2. The second-order valence-electron chi connectivity index (χ2n) is 5.76. The minimum absolute atomic E-state index is 0.0877. The fourth-order valence-electron chi connectivity index (χ4n) is 2.68. The van der Waals surface area contributed by atoms with E-state index in [0.717, 1.165) is 16.7 Å². The highest BCUT2D eigenvalue weighted by Gasteiger charge is 2.14. The molecule has 0 amide bonds. The van der Waals surface area contributed by atoms with Crippen molar-refractivity contribution >= 4 is 5.97 Å². The molecule has 0 fully saturated rings. The SMILES string of the molecule is COC(=O)CCc1cc(O)cc([C@@H](CO)Cc2cccc(O)c2)c1. The van der Waals surface area contributed by atoms with Crippen molar-refractivity contribution in [2.75, 3.05) is 13.7 Å². The van der Waals surface area contributed by atoms with Crippen LogP contribution < -0.4 is 0 Å². The topological polar surface area (TPSA) is 87.0 Å². The van der Waals surface area contributed by atoms with E-state index in [0.29, 0.717) is 12.8 Å². The molecule has 0 saturated heterocycles. The lowest BCUT2D eigenvalue weighted by atomic mass is 9.90. The van der Waals surface area contributed by atoms with Gasteiger partial charge in [-0.3, -0.25) is 4.79 Å². The zero-order valence-corrected chi connectivity index (χ0v) is 13.6. The van der Waals surface area contributed by atoms with Gasteiger partial charge in [0.2, 0.25) is 0 Å². The monoisotopic (exact) mass is 330 g/mol. The molecule has 3 N–H and O–H groups in total. The van der Waals surface area contributed by atoms with Crippen molar-refractivity contribution in [3.63, 3.8) is 0 Å². The Morgan fingerprint density at radius 1 is 1.08 bits per heavy atom. The Morgan fingerprint density at radius 2 is 1.83 bits per heavy atom. The van der Waals surface area contributed by atoms with Crippen molar-refractivity contribution in [2.45, 2.75) is 25.2 Å². The highest BCUT2D eigenvalue weighted by molar-refractivity contribution is 5.69. The normalized spacial score (nSPS) is 11.9. The maximum absolute atomic E-state index is 11.3. The first-order valence-electron chi connectivity index (χ1n) is 7.80. The smallest absolute Gasteiger partial charge is 0.305 e. The molecule has 1 atom stereocenters. The van der Waals surface area contributed by atoms with E-state index in [9.17, 15) is 20.1 Å². The van der Waals surface area contributed by atoms with Crippen LogP contribution in [-0.4, -0.2) is 35.0 Å². The summed E-state index contributed by atoms with van der Waals surface area (Å²) in [6.07, 6.45) is 1.22. The standard InChI is InChI=1S/C19H22O5/c1-24-19(23)6-5-14-7-15(11-18(22)10-14)16(12-20)8-13-3-2-4-17(21)9-13/h2-4,7,9-11,16,20-22H,5-6,8,12H2,1H3/t16-/m1/s1. The quantitative estimate of drug-likeness (QED) is 0.679. The number of hydrogen-bond donors (Lipinski definition) is 3. The molecule has 2 rings (SSSR count). The lowest BCUT2D eigenvalue weighted by molar-refractivity contribution is -0.140. The Labute approximate surface area is 141 Å². The zero-order valence-electron chi connectivity index (χ0n) is 13.6. The number of phenolic OH excluding ortho intramolecular Hbond substituents is 2. The van der Waals surface area contributed by atoms with Crippen LogP contribution in [0.4, 0.5) is 0 Å². The number of aliphatic hydroxyl groups excluding tert-OH is 1. The van der Waals surface area contributed by atoms with Crippen LogP contribution in [0.25, 0.3) is 0 Å². The van der Waals surface area contributed by atoms with Gasteiger partial charge in [0.15, 0.2) is 0 Å². The van der Waals surface area contributed by atoms with Gasteiger partial charge >= 0.3 is 5.97 Å². The summed E-state index contributed by atoms with van der Waals surface area (Å²) < 4.78 is 4.63. The van der Waals surface area contributed by atoms with E-state index < -0.39 is 0 Å². The molecule has 0 aliphatic carbocycles. The zero-order chi connectivity index (χ0) is 17.5. The number of carbonyl (C=O) groups excluding carboxylic acids is 1. The first kappa shape index (κ1) is 17.8. The summed E-state index contributed by atoms with van der Waals surface area (Å²) in [5, 5.41) is 29.2. The molecule has 0 spiro atoms. The first-order valence-corrected chi connectivity index (χ1v) is 7.80. The first-order chi connectivity index (χ1) is 11.5. The van der Waals surface area contributed by atoms with E-state index in [4.69, 9.17) is 0 Å². The summed E-state index contributed by atoms with van der Waals surface area (Å²) in [6.45, 7) is -0.0877. The Bertz CT molecular complexity index is 696. The van der Waals surface area contributed by atoms with Crippen molar-refractivity contribution in [1.29, 1.82) is 0 Å². The third-order valence-corrected chi connectivity index (χ3v) is 3.93. The van der Waals surface area contributed by atoms with Crippen LogP contribution in [0.2, 0.25) is 0 Å². The second kappa shape index (κ2) is 8.36. The molecule has 0 radical (unpaired) electrons. The molecular formula is C19H22O5. The van der Waals surface area contributed by atoms with Crippen LogP contribution in [0.3, 0.4) is 0 Å². The van der Waals surface area contributed by atoms with E-state index in [2.05, 4.69) is 4.74 Å². The minimum Gasteiger partial charge on any atom is -0.508 e. The third-order valence-electron chi connectivity index (χ3n) is 3.93. The number of methoxy groups -OCH3 is 1. The van der Waals surface area contributed by atoms with Crippen LogP contribution in [0.1, 0.15) is 29.0 Å². The van der Waals surface area contributed by atoms with Crippen molar-refractivity contribution in [3.05, 3.63) is 59.2 Å². The van der Waals surface area contributed by atoms with Gasteiger partial charge in [0.1, 0.15) is 11.5 Å². The van der Waals surface area contributed by atoms with Gasteiger partial charge < -0.3 is 20.1 Å². The van der Waals surface area contributed by atoms with E-state index in [1.54, 1.807) is 30.3 Å². The van der Waals surface area contributed by atoms with Crippen LogP contribution in [-0.2, 0) is 22.4 Å². The number of ether oxygens (including phenoxy) is 1. The Balaban J connectivity index is 2.18. The number of aliphatic hydroxyl groups is 1. The van der Waals surface area contributed by atoms with Crippen LogP contribution >= 0.6 is 0 Å². The van der Waals surface area contributed by atoms with E-state index in [1.807, 2.05) is 12.1 Å². The molecule has 0 bridgehead atoms. The molecule has 128 valence electrons. The lowest BCUT2D eigenvalue weighted by Gasteiger charge is -2.17. The molecule has 5 heteroatoms. The van der Waals surface area contributed by atoms with Crippen molar-refractivity contribution in [2.24, 2.45) is 0 Å². The van der Waals surface area contributed by atoms with Gasteiger partial charge in [0.05, 0.1) is 13.7 Å². The number of aromatic hydroxyl groups is 2. The summed E-state index contributed by atoms with van der Waals surface area (Å²) in [6, 6.07) is 12.0. The van der Waals surface area contributed by atoms with Crippen LogP contribution in [0.5, 0.6) is 11.5 Å². The number of rotatable bonds is 7. The predicted molar refractivity (Wildman–Crippen MR) is 90.1 cm³/mol. The summed E-state index contributed by atoms with van der Waals surface area (Å²) >= 11 is 0. The molecule has 0 heterocycles. The molecule has 0 aliphatic heterocycles. The summed E-state index contributed by atoms with van der Waals surface area (Å²) in [4.78, 5) is 11.3. The molecule has 0 aliphatic rings. The van der Waals surface area contributed by atoms with E-state index >= 15 is 0 Å². The van der Waals surface area contributed by atoms with Gasteiger partial charge in [0.25, 0.3) is 0 Å². The number of benzene rings is 2. The average molecular weight is 330 g/mol. The number of hydrogen-bond acceptors (Lipinski definition) is 5. The summed E-state index contributed by atoms with van der Waals surface area (Å²) in [7, 11) is 1.34. The van der Waals surface area contributed by atoms with Gasteiger partial charge in [-0.2, -0.15) is 0 Å². The van der Waals surface area contributed by atoms with Gasteiger partial charge in [0, 0.05) is 12.3 Å². The Morgan fingerprint density at radius 3 is 2.50 bits per heavy atom. The van der Waals surface area contributed by atoms with Gasteiger partial charge in [-0.25, -0.2) is 0 Å². The fraction of sp³-hybridized carbons (Fsp3) is 0.316. The minimum atomic E-state index is -0.307. The maximum Gasteiger partial charge on any atom is 0.305 e. The van der Waals surface area contributed by atoms with Crippen molar-refractivity contribution < 1.29 is 24.9 Å².